The van der Waals surface area contributed by atoms with Gasteiger partial charge in [-0.05, 0) is 31.4 Å². The lowest BCUT2D eigenvalue weighted by Crippen LogP contribution is -2.45. The summed E-state index contributed by atoms with van der Waals surface area (Å²) in [6.45, 7) is 6.15. The number of allylic oxidation sites excluding steroid dienone is 1. The predicted octanol–water partition coefficient (Wildman–Crippen LogP) is 2.50. The normalized spacial score (nSPS) is 18.5. The molecule has 2 N–H and O–H groups in total. The van der Waals surface area contributed by atoms with E-state index in [1.807, 2.05) is 0 Å². The fourth-order valence-corrected chi connectivity index (χ4v) is 2.10. The van der Waals surface area contributed by atoms with Gasteiger partial charge in [0.15, 0.2) is 0 Å². The molecule has 1 aliphatic rings. The number of carbonyl (C=O) groups excluding carboxylic acids is 2. The Bertz CT molecular complexity index is 546. The fourth-order valence-electron chi connectivity index (χ4n) is 2.10. The van der Waals surface area contributed by atoms with Crippen molar-refractivity contribution in [2.24, 2.45) is 5.92 Å². The molecule has 6 nitrogen and oxygen atoms in total. The predicted molar refractivity (Wildman–Crippen MR) is 76.2 cm³/mol. The first-order valence-corrected chi connectivity index (χ1v) is 6.98. The van der Waals surface area contributed by atoms with E-state index in [4.69, 9.17) is 9.15 Å². The molecule has 0 unspecified atom stereocenters. The highest BCUT2D eigenvalue weighted by Gasteiger charge is 2.33. The Hall–Kier alpha value is -2.24. The van der Waals surface area contributed by atoms with Crippen molar-refractivity contribution in [1.29, 1.82) is 0 Å². The highest BCUT2D eigenvalue weighted by molar-refractivity contribution is 5.94. The molecule has 114 valence electrons. The lowest BCUT2D eigenvalue weighted by Gasteiger charge is -2.26. The average Bonchev–Trinajstić information content (AvgIpc) is 2.90. The molecule has 0 spiro atoms. The molecule has 0 aliphatic carbocycles. The van der Waals surface area contributed by atoms with Gasteiger partial charge >= 0.3 is 12.0 Å². The smallest absolute Gasteiger partial charge is 0.338 e. The van der Waals surface area contributed by atoms with Crippen LogP contribution in [0.2, 0.25) is 0 Å². The number of furan rings is 1. The van der Waals surface area contributed by atoms with Crippen LogP contribution in [0.4, 0.5) is 4.79 Å². The van der Waals surface area contributed by atoms with Crippen LogP contribution in [0.3, 0.4) is 0 Å². The second-order valence-corrected chi connectivity index (χ2v) is 5.40. The maximum absolute atomic E-state index is 12.3. The van der Waals surface area contributed by atoms with E-state index >= 15 is 0 Å². The van der Waals surface area contributed by atoms with E-state index in [0.717, 1.165) is 6.42 Å². The summed E-state index contributed by atoms with van der Waals surface area (Å²) < 4.78 is 10.6. The van der Waals surface area contributed by atoms with Crippen LogP contribution in [0.15, 0.2) is 34.1 Å². The van der Waals surface area contributed by atoms with Crippen molar-refractivity contribution in [1.82, 2.24) is 10.6 Å². The molecule has 0 aromatic carbocycles. The average molecular weight is 292 g/mol. The molecule has 0 bridgehead atoms. The second kappa shape index (κ2) is 6.47. The summed E-state index contributed by atoms with van der Waals surface area (Å²) in [7, 11) is 0. The summed E-state index contributed by atoms with van der Waals surface area (Å²) in [4.78, 5) is 23.9. The van der Waals surface area contributed by atoms with Gasteiger partial charge in [-0.3, -0.25) is 0 Å². The Labute approximate surface area is 123 Å². The number of ether oxygens (including phenoxy) is 1. The molecule has 2 heterocycles. The number of amides is 2. The quantitative estimate of drug-likeness (QED) is 0.817. The Morgan fingerprint density at radius 3 is 2.86 bits per heavy atom. The zero-order valence-electron chi connectivity index (χ0n) is 12.4. The van der Waals surface area contributed by atoms with Crippen molar-refractivity contribution >= 4 is 12.0 Å². The number of esters is 1. The van der Waals surface area contributed by atoms with Gasteiger partial charge < -0.3 is 19.8 Å². The minimum atomic E-state index is -0.625. The summed E-state index contributed by atoms with van der Waals surface area (Å²) in [6, 6.07) is 2.43. The van der Waals surface area contributed by atoms with Crippen LogP contribution in [0, 0.1) is 5.92 Å². The third-order valence-electron chi connectivity index (χ3n) is 3.25. The standard InChI is InChI=1S/C15H20N2O4/c1-9(2)6-8-21-14(18)12-10(3)16-15(19)17-13(12)11-5-4-7-20-11/h4-5,7,9,13H,6,8H2,1-3H3,(H2,16,17,19)/t13-/m1/s1. The van der Waals surface area contributed by atoms with Crippen LogP contribution in [0.25, 0.3) is 0 Å². The van der Waals surface area contributed by atoms with E-state index in [9.17, 15) is 9.59 Å². The van der Waals surface area contributed by atoms with Crippen molar-refractivity contribution in [3.05, 3.63) is 35.4 Å². The van der Waals surface area contributed by atoms with Crippen molar-refractivity contribution in [3.63, 3.8) is 0 Å². The van der Waals surface area contributed by atoms with E-state index in [0.29, 0.717) is 29.6 Å². The lowest BCUT2D eigenvalue weighted by atomic mass is 10.0. The van der Waals surface area contributed by atoms with Crippen molar-refractivity contribution < 1.29 is 18.7 Å². The van der Waals surface area contributed by atoms with Crippen molar-refractivity contribution in [2.45, 2.75) is 33.2 Å². The van der Waals surface area contributed by atoms with Gasteiger partial charge in [0, 0.05) is 5.70 Å². The largest absolute Gasteiger partial charge is 0.467 e. The van der Waals surface area contributed by atoms with Gasteiger partial charge in [0.2, 0.25) is 0 Å². The molecule has 0 fully saturated rings. The Kier molecular flexibility index (Phi) is 4.67. The van der Waals surface area contributed by atoms with Crippen LogP contribution in [0.5, 0.6) is 0 Å². The molecule has 21 heavy (non-hydrogen) atoms. The third-order valence-corrected chi connectivity index (χ3v) is 3.25. The van der Waals surface area contributed by atoms with E-state index < -0.39 is 12.0 Å². The molecular formula is C15H20N2O4. The highest BCUT2D eigenvalue weighted by atomic mass is 16.5. The lowest BCUT2D eigenvalue weighted by molar-refractivity contribution is -0.139. The molecule has 0 saturated carbocycles. The molecule has 6 heteroatoms. The van der Waals surface area contributed by atoms with Crippen LogP contribution >= 0.6 is 0 Å². The van der Waals surface area contributed by atoms with Crippen LogP contribution in [-0.4, -0.2) is 18.6 Å². The van der Waals surface area contributed by atoms with Crippen LogP contribution in [-0.2, 0) is 9.53 Å². The minimum Gasteiger partial charge on any atom is -0.467 e. The van der Waals surface area contributed by atoms with Crippen LogP contribution < -0.4 is 10.6 Å². The minimum absolute atomic E-state index is 0.353. The summed E-state index contributed by atoms with van der Waals surface area (Å²) >= 11 is 0. The maximum atomic E-state index is 12.3. The first kappa shape index (κ1) is 15.2. The van der Waals surface area contributed by atoms with Gasteiger partial charge in [-0.1, -0.05) is 13.8 Å². The number of nitrogens with one attached hydrogen (secondary N) is 2. The zero-order valence-corrected chi connectivity index (χ0v) is 12.4. The Morgan fingerprint density at radius 2 is 2.24 bits per heavy atom. The summed E-state index contributed by atoms with van der Waals surface area (Å²) in [5.74, 6) is 0.514. The monoisotopic (exact) mass is 292 g/mol. The SMILES string of the molecule is CC1=C(C(=O)OCCC(C)C)[C@@H](c2ccco2)NC(=O)N1. The molecule has 2 rings (SSSR count). The second-order valence-electron chi connectivity index (χ2n) is 5.40. The van der Waals surface area contributed by atoms with Gasteiger partial charge in [0.1, 0.15) is 11.8 Å². The number of hydrogen-bond acceptors (Lipinski definition) is 4. The molecule has 1 aromatic heterocycles. The summed E-state index contributed by atoms with van der Waals surface area (Å²) in [6.07, 6.45) is 2.30. The number of rotatable bonds is 5. The Morgan fingerprint density at radius 1 is 1.48 bits per heavy atom. The van der Waals surface area contributed by atoms with Gasteiger partial charge in [-0.15, -0.1) is 0 Å². The topological polar surface area (TPSA) is 80.6 Å². The van der Waals surface area contributed by atoms with E-state index in [1.54, 1.807) is 19.1 Å². The van der Waals surface area contributed by atoms with Gasteiger partial charge in [-0.25, -0.2) is 9.59 Å². The van der Waals surface area contributed by atoms with Crippen molar-refractivity contribution in [2.75, 3.05) is 6.61 Å². The number of urea groups is 1. The molecule has 1 atom stereocenters. The summed E-state index contributed by atoms with van der Waals surface area (Å²) in [5, 5.41) is 5.27. The first-order valence-electron chi connectivity index (χ1n) is 6.98. The molecular weight excluding hydrogens is 272 g/mol. The molecule has 2 amide bonds. The summed E-state index contributed by atoms with van der Waals surface area (Å²) in [5.41, 5.74) is 0.850. The molecule has 1 aliphatic heterocycles. The molecule has 0 radical (unpaired) electrons. The molecule has 1 aromatic rings. The van der Waals surface area contributed by atoms with Crippen molar-refractivity contribution in [3.8, 4) is 0 Å². The molecule has 0 saturated heterocycles. The number of hydrogen-bond donors (Lipinski definition) is 2. The third kappa shape index (κ3) is 3.65. The zero-order chi connectivity index (χ0) is 15.4. The first-order chi connectivity index (χ1) is 9.99. The number of carbonyl (C=O) groups is 2. The maximum Gasteiger partial charge on any atom is 0.338 e. The fraction of sp³-hybridized carbons (Fsp3) is 0.467. The van der Waals surface area contributed by atoms with Crippen LogP contribution in [0.1, 0.15) is 39.0 Å². The van der Waals surface area contributed by atoms with E-state index in [-0.39, 0.29) is 6.03 Å². The van der Waals surface area contributed by atoms with E-state index in [1.165, 1.54) is 6.26 Å². The van der Waals surface area contributed by atoms with E-state index in [2.05, 4.69) is 24.5 Å². The van der Waals surface area contributed by atoms with Gasteiger partial charge in [0.25, 0.3) is 0 Å². The Balaban J connectivity index is 2.17. The van der Waals surface area contributed by atoms with Gasteiger partial charge in [0.05, 0.1) is 18.4 Å². The highest BCUT2D eigenvalue weighted by Crippen LogP contribution is 2.27. The van der Waals surface area contributed by atoms with Gasteiger partial charge in [-0.2, -0.15) is 0 Å².